The van der Waals surface area contributed by atoms with E-state index in [1.165, 1.54) is 19.2 Å². The van der Waals surface area contributed by atoms with Crippen LogP contribution in [0.1, 0.15) is 16.1 Å². The number of methoxy groups -OCH3 is 1. The average molecular weight is 392 g/mol. The number of hydrogen-bond acceptors (Lipinski definition) is 4. The van der Waals surface area contributed by atoms with Crippen LogP contribution < -0.4 is 10.1 Å². The van der Waals surface area contributed by atoms with Crippen molar-refractivity contribution in [2.24, 2.45) is 0 Å². The number of benzene rings is 2. The maximum absolute atomic E-state index is 11.1. The first-order valence-corrected chi connectivity index (χ1v) is 8.43. The highest BCUT2D eigenvalue weighted by Crippen LogP contribution is 2.32. The smallest absolute Gasteiger partial charge is 0.335 e. The fourth-order valence-corrected chi connectivity index (χ4v) is 2.85. The number of anilines is 1. The van der Waals surface area contributed by atoms with Crippen LogP contribution in [0.4, 0.5) is 5.69 Å². The second-order valence-corrected chi connectivity index (χ2v) is 6.31. The molecule has 2 N–H and O–H groups in total. The Morgan fingerprint density at radius 1 is 1.15 bits per heavy atom. The monoisotopic (exact) mass is 391 g/mol. The zero-order valence-corrected chi connectivity index (χ0v) is 15.3. The number of ether oxygens (including phenoxy) is 1. The van der Waals surface area contributed by atoms with Crippen molar-refractivity contribution in [1.29, 1.82) is 0 Å². The number of carboxylic acid groups (broad SMARTS) is 1. The number of nitrogens with one attached hydrogen (secondary N) is 1. The van der Waals surface area contributed by atoms with Crippen molar-refractivity contribution in [2.75, 3.05) is 12.4 Å². The average Bonchev–Trinajstić information content (AvgIpc) is 3.10. The fraction of sp³-hybridized carbons (Fsp3) is 0.105. The van der Waals surface area contributed by atoms with Crippen LogP contribution in [0, 0.1) is 0 Å². The molecule has 0 aliphatic heterocycles. The van der Waals surface area contributed by atoms with E-state index < -0.39 is 5.97 Å². The summed E-state index contributed by atoms with van der Waals surface area (Å²) in [4.78, 5) is 11.1. The molecule has 134 valence electrons. The predicted molar refractivity (Wildman–Crippen MR) is 101 cm³/mol. The Bertz CT molecular complexity index is 952. The molecule has 1 heterocycles. The lowest BCUT2D eigenvalue weighted by molar-refractivity contribution is 0.0697. The van der Waals surface area contributed by atoms with E-state index in [1.54, 1.807) is 30.3 Å². The van der Waals surface area contributed by atoms with Gasteiger partial charge in [-0.3, -0.25) is 0 Å². The van der Waals surface area contributed by atoms with E-state index in [4.69, 9.17) is 37.5 Å². The molecule has 0 amide bonds. The Morgan fingerprint density at radius 2 is 1.96 bits per heavy atom. The second-order valence-electron chi connectivity index (χ2n) is 5.46. The van der Waals surface area contributed by atoms with Gasteiger partial charge < -0.3 is 19.6 Å². The van der Waals surface area contributed by atoms with Crippen LogP contribution in [0.25, 0.3) is 11.3 Å². The third kappa shape index (κ3) is 3.95. The molecule has 0 aliphatic carbocycles. The lowest BCUT2D eigenvalue weighted by atomic mass is 10.2. The lowest BCUT2D eigenvalue weighted by Crippen LogP contribution is -2.03. The minimum atomic E-state index is -1.01. The molecular formula is C19H15Cl2NO4. The van der Waals surface area contributed by atoms with Gasteiger partial charge in [0.2, 0.25) is 0 Å². The molecule has 2 aromatic carbocycles. The summed E-state index contributed by atoms with van der Waals surface area (Å²) < 4.78 is 11.1. The number of rotatable bonds is 6. The number of hydrogen-bond donors (Lipinski definition) is 2. The molecule has 3 aromatic rings. The van der Waals surface area contributed by atoms with Gasteiger partial charge >= 0.3 is 5.97 Å². The van der Waals surface area contributed by atoms with Crippen molar-refractivity contribution >= 4 is 34.9 Å². The Morgan fingerprint density at radius 3 is 2.69 bits per heavy atom. The molecule has 0 aliphatic rings. The minimum absolute atomic E-state index is 0.166. The van der Waals surface area contributed by atoms with Gasteiger partial charge in [0.05, 0.1) is 29.9 Å². The maximum atomic E-state index is 11.1. The van der Waals surface area contributed by atoms with Crippen molar-refractivity contribution < 1.29 is 19.1 Å². The normalized spacial score (nSPS) is 10.6. The van der Waals surface area contributed by atoms with E-state index in [0.717, 1.165) is 0 Å². The van der Waals surface area contributed by atoms with Gasteiger partial charge in [-0.05, 0) is 48.5 Å². The number of halogens is 2. The van der Waals surface area contributed by atoms with Crippen molar-refractivity contribution in [2.45, 2.75) is 6.54 Å². The SMILES string of the molecule is COc1ccc(C(=O)O)cc1NCc1ccc(-c2cc(Cl)ccc2Cl)o1. The Hall–Kier alpha value is -2.63. The summed E-state index contributed by atoms with van der Waals surface area (Å²) in [5.74, 6) is 0.783. The second kappa shape index (κ2) is 7.72. The first-order valence-electron chi connectivity index (χ1n) is 7.67. The summed E-state index contributed by atoms with van der Waals surface area (Å²) in [6.45, 7) is 0.345. The molecule has 26 heavy (non-hydrogen) atoms. The van der Waals surface area contributed by atoms with Gasteiger partial charge in [0.1, 0.15) is 17.3 Å². The number of aromatic carboxylic acids is 1. The van der Waals surface area contributed by atoms with Gasteiger partial charge in [-0.25, -0.2) is 4.79 Å². The molecule has 0 fully saturated rings. The Labute approximate surface area is 160 Å². The zero-order chi connectivity index (χ0) is 18.7. The van der Waals surface area contributed by atoms with Gasteiger partial charge in [-0.2, -0.15) is 0 Å². The molecule has 3 rings (SSSR count). The highest BCUT2D eigenvalue weighted by molar-refractivity contribution is 6.35. The molecule has 0 atom stereocenters. The zero-order valence-electron chi connectivity index (χ0n) is 13.8. The number of furan rings is 1. The van der Waals surface area contributed by atoms with Crippen LogP contribution in [-0.4, -0.2) is 18.2 Å². The van der Waals surface area contributed by atoms with Gasteiger partial charge in [0.25, 0.3) is 0 Å². The molecule has 0 radical (unpaired) electrons. The fourth-order valence-electron chi connectivity index (χ4n) is 2.47. The van der Waals surface area contributed by atoms with Gasteiger partial charge in [0.15, 0.2) is 0 Å². The summed E-state index contributed by atoms with van der Waals surface area (Å²) in [5, 5.41) is 13.4. The summed E-state index contributed by atoms with van der Waals surface area (Å²) in [5.41, 5.74) is 1.43. The van der Waals surface area contributed by atoms with Crippen LogP contribution in [0.15, 0.2) is 52.9 Å². The molecule has 0 bridgehead atoms. The summed E-state index contributed by atoms with van der Waals surface area (Å²) in [6.07, 6.45) is 0. The van der Waals surface area contributed by atoms with E-state index in [9.17, 15) is 4.79 Å². The first kappa shape index (κ1) is 18.2. The van der Waals surface area contributed by atoms with Gasteiger partial charge in [-0.15, -0.1) is 0 Å². The van der Waals surface area contributed by atoms with E-state index in [1.807, 2.05) is 6.07 Å². The first-order chi connectivity index (χ1) is 12.5. The Balaban J connectivity index is 1.79. The van der Waals surface area contributed by atoms with Crippen LogP contribution in [-0.2, 0) is 6.54 Å². The summed E-state index contributed by atoms with van der Waals surface area (Å²) in [6, 6.07) is 13.4. The van der Waals surface area contributed by atoms with Crippen molar-refractivity contribution in [1.82, 2.24) is 0 Å². The number of carboxylic acids is 1. The van der Waals surface area contributed by atoms with E-state index in [0.29, 0.717) is 45.1 Å². The standard InChI is InChI=1S/C19H15Cl2NO4/c1-25-18-6-2-11(19(23)24)8-16(18)22-10-13-4-7-17(26-13)14-9-12(20)3-5-15(14)21/h2-9,22H,10H2,1H3,(H,23,24). The highest BCUT2D eigenvalue weighted by Gasteiger charge is 2.12. The molecule has 7 heteroatoms. The van der Waals surface area contributed by atoms with Crippen LogP contribution in [0.5, 0.6) is 5.75 Å². The topological polar surface area (TPSA) is 71.7 Å². The quantitative estimate of drug-likeness (QED) is 0.574. The van der Waals surface area contributed by atoms with Crippen molar-refractivity contribution in [3.05, 3.63) is 69.9 Å². The van der Waals surface area contributed by atoms with Gasteiger partial charge in [0, 0.05) is 10.6 Å². The molecular weight excluding hydrogens is 377 g/mol. The van der Waals surface area contributed by atoms with E-state index in [2.05, 4.69) is 5.32 Å². The largest absolute Gasteiger partial charge is 0.495 e. The minimum Gasteiger partial charge on any atom is -0.495 e. The highest BCUT2D eigenvalue weighted by atomic mass is 35.5. The van der Waals surface area contributed by atoms with Crippen molar-refractivity contribution in [3.8, 4) is 17.1 Å². The molecule has 0 saturated heterocycles. The van der Waals surface area contributed by atoms with Crippen LogP contribution >= 0.6 is 23.2 Å². The summed E-state index contributed by atoms with van der Waals surface area (Å²) >= 11 is 12.2. The third-order valence-corrected chi connectivity index (χ3v) is 4.32. The number of carbonyl (C=O) groups is 1. The Kier molecular flexibility index (Phi) is 5.40. The molecule has 0 unspecified atom stereocenters. The van der Waals surface area contributed by atoms with E-state index in [-0.39, 0.29) is 5.56 Å². The van der Waals surface area contributed by atoms with E-state index >= 15 is 0 Å². The molecule has 1 aromatic heterocycles. The maximum Gasteiger partial charge on any atom is 0.335 e. The van der Waals surface area contributed by atoms with Gasteiger partial charge in [-0.1, -0.05) is 23.2 Å². The van der Waals surface area contributed by atoms with Crippen LogP contribution in [0.2, 0.25) is 10.0 Å². The predicted octanol–water partition coefficient (Wildman–Crippen LogP) is 5.57. The van der Waals surface area contributed by atoms with Crippen molar-refractivity contribution in [3.63, 3.8) is 0 Å². The molecule has 0 spiro atoms. The third-order valence-electron chi connectivity index (χ3n) is 3.76. The van der Waals surface area contributed by atoms with Crippen LogP contribution in [0.3, 0.4) is 0 Å². The summed E-state index contributed by atoms with van der Waals surface area (Å²) in [7, 11) is 1.52. The molecule has 0 saturated carbocycles. The lowest BCUT2D eigenvalue weighted by Gasteiger charge is -2.11. The molecule has 5 nitrogen and oxygen atoms in total.